The Morgan fingerprint density at radius 1 is 1.27 bits per heavy atom. The molecule has 0 unspecified atom stereocenters. The van der Waals surface area contributed by atoms with Crippen LogP contribution >= 0.6 is 0 Å². The van der Waals surface area contributed by atoms with Gasteiger partial charge >= 0.3 is 5.69 Å². The van der Waals surface area contributed by atoms with Crippen LogP contribution in [0.3, 0.4) is 0 Å². The maximum atomic E-state index is 11.0. The Morgan fingerprint density at radius 3 is 2.87 bits per heavy atom. The highest BCUT2D eigenvalue weighted by molar-refractivity contribution is 5.61. The van der Waals surface area contributed by atoms with E-state index >= 15 is 0 Å². The third kappa shape index (κ3) is 1.85. The second-order valence-electron chi connectivity index (χ2n) is 2.84. The van der Waals surface area contributed by atoms with Gasteiger partial charge in [-0.2, -0.15) is 0 Å². The topological polar surface area (TPSA) is 67.9 Å². The number of aromatic amines is 1. The summed E-state index contributed by atoms with van der Waals surface area (Å²) < 4.78 is 5.13. The first-order valence-corrected chi connectivity index (χ1v) is 4.36. The molecule has 5 nitrogen and oxygen atoms in total. The summed E-state index contributed by atoms with van der Waals surface area (Å²) in [7, 11) is 1.56. The molecular formula is C10H9N3O2. The fourth-order valence-electron chi connectivity index (χ4n) is 1.26. The summed E-state index contributed by atoms with van der Waals surface area (Å²) >= 11 is 0. The van der Waals surface area contributed by atoms with Crippen LogP contribution in [0.4, 0.5) is 0 Å². The Kier molecular flexibility index (Phi) is 2.45. The minimum atomic E-state index is -0.403. The Hall–Kier alpha value is -2.17. The van der Waals surface area contributed by atoms with E-state index in [2.05, 4.69) is 15.0 Å². The number of pyridine rings is 1. The molecule has 76 valence electrons. The van der Waals surface area contributed by atoms with Crippen molar-refractivity contribution >= 4 is 0 Å². The summed E-state index contributed by atoms with van der Waals surface area (Å²) in [5, 5.41) is 0. The van der Waals surface area contributed by atoms with E-state index in [-0.39, 0.29) is 0 Å². The molecule has 0 saturated carbocycles. The van der Waals surface area contributed by atoms with Gasteiger partial charge in [0.15, 0.2) is 0 Å². The third-order valence-corrected chi connectivity index (χ3v) is 1.92. The highest BCUT2D eigenvalue weighted by Gasteiger charge is 2.06. The van der Waals surface area contributed by atoms with Gasteiger partial charge in [0.25, 0.3) is 0 Å². The van der Waals surface area contributed by atoms with Crippen LogP contribution in [0.25, 0.3) is 11.4 Å². The van der Waals surface area contributed by atoms with Crippen molar-refractivity contribution in [2.75, 3.05) is 7.11 Å². The zero-order chi connectivity index (χ0) is 10.7. The zero-order valence-electron chi connectivity index (χ0n) is 8.10. The minimum absolute atomic E-state index is 0.403. The van der Waals surface area contributed by atoms with Crippen molar-refractivity contribution in [3.8, 4) is 17.1 Å². The molecule has 0 amide bonds. The van der Waals surface area contributed by atoms with Crippen LogP contribution in [-0.2, 0) is 0 Å². The van der Waals surface area contributed by atoms with E-state index in [1.165, 1.54) is 6.20 Å². The third-order valence-electron chi connectivity index (χ3n) is 1.92. The van der Waals surface area contributed by atoms with E-state index in [9.17, 15) is 4.79 Å². The lowest BCUT2D eigenvalue weighted by atomic mass is 10.2. The molecule has 1 N–H and O–H groups in total. The molecule has 0 radical (unpaired) electrons. The summed E-state index contributed by atoms with van der Waals surface area (Å²) in [4.78, 5) is 21.3. The van der Waals surface area contributed by atoms with Crippen molar-refractivity contribution in [2.24, 2.45) is 0 Å². The van der Waals surface area contributed by atoms with Gasteiger partial charge in [0.2, 0.25) is 0 Å². The number of ether oxygens (including phenoxy) is 1. The molecule has 2 aromatic rings. The lowest BCUT2D eigenvalue weighted by Crippen LogP contribution is -2.10. The van der Waals surface area contributed by atoms with Crippen LogP contribution in [0.5, 0.6) is 5.75 Å². The summed E-state index contributed by atoms with van der Waals surface area (Å²) in [5.41, 5.74) is 0.784. The number of hydrogen-bond acceptors (Lipinski definition) is 4. The van der Waals surface area contributed by atoms with E-state index in [0.29, 0.717) is 17.1 Å². The second kappa shape index (κ2) is 3.91. The molecule has 0 spiro atoms. The highest BCUT2D eigenvalue weighted by Crippen LogP contribution is 2.23. The molecule has 5 heteroatoms. The molecule has 0 aliphatic carbocycles. The number of hydrogen-bond donors (Lipinski definition) is 1. The SMILES string of the molecule is COc1cccnc1-c1ccnc(=O)[nH]1. The monoisotopic (exact) mass is 203 g/mol. The maximum absolute atomic E-state index is 11.0. The molecule has 0 aliphatic rings. The molecule has 15 heavy (non-hydrogen) atoms. The Labute approximate surface area is 85.8 Å². The van der Waals surface area contributed by atoms with Crippen LogP contribution in [0.15, 0.2) is 35.4 Å². The smallest absolute Gasteiger partial charge is 0.345 e. The van der Waals surface area contributed by atoms with Crippen molar-refractivity contribution in [3.05, 3.63) is 41.1 Å². The molecule has 2 aromatic heterocycles. The predicted molar refractivity (Wildman–Crippen MR) is 54.6 cm³/mol. The predicted octanol–water partition coefficient (Wildman–Crippen LogP) is 0.840. The number of H-pyrrole nitrogens is 1. The van der Waals surface area contributed by atoms with E-state index < -0.39 is 5.69 Å². The van der Waals surface area contributed by atoms with Crippen molar-refractivity contribution in [1.29, 1.82) is 0 Å². The number of nitrogens with one attached hydrogen (secondary N) is 1. The number of rotatable bonds is 2. The van der Waals surface area contributed by atoms with Crippen molar-refractivity contribution < 1.29 is 4.74 Å². The average Bonchev–Trinajstić information content (AvgIpc) is 2.29. The van der Waals surface area contributed by atoms with Crippen molar-refractivity contribution in [1.82, 2.24) is 15.0 Å². The van der Waals surface area contributed by atoms with Gasteiger partial charge in [-0.15, -0.1) is 0 Å². The maximum Gasteiger partial charge on any atom is 0.345 e. The number of aromatic nitrogens is 3. The second-order valence-corrected chi connectivity index (χ2v) is 2.84. The van der Waals surface area contributed by atoms with Crippen LogP contribution in [0.2, 0.25) is 0 Å². The zero-order valence-corrected chi connectivity index (χ0v) is 8.10. The fourth-order valence-corrected chi connectivity index (χ4v) is 1.26. The van der Waals surface area contributed by atoms with Gasteiger partial charge < -0.3 is 9.72 Å². The lowest BCUT2D eigenvalue weighted by Gasteiger charge is -2.05. The molecule has 0 atom stereocenters. The molecule has 0 saturated heterocycles. The molecular weight excluding hydrogens is 194 g/mol. The Balaban J connectivity index is 2.58. The largest absolute Gasteiger partial charge is 0.494 e. The summed E-state index contributed by atoms with van der Waals surface area (Å²) in [6, 6.07) is 5.22. The average molecular weight is 203 g/mol. The van der Waals surface area contributed by atoms with E-state index in [1.807, 2.05) is 0 Å². The Bertz CT molecular complexity index is 522. The van der Waals surface area contributed by atoms with Gasteiger partial charge in [0.05, 0.1) is 12.8 Å². The van der Waals surface area contributed by atoms with Crippen LogP contribution in [-0.4, -0.2) is 22.1 Å². The lowest BCUT2D eigenvalue weighted by molar-refractivity contribution is 0.414. The fraction of sp³-hybridized carbons (Fsp3) is 0.100. The number of methoxy groups -OCH3 is 1. The van der Waals surface area contributed by atoms with Crippen LogP contribution in [0.1, 0.15) is 0 Å². The van der Waals surface area contributed by atoms with Gasteiger partial charge in [0.1, 0.15) is 11.4 Å². The minimum Gasteiger partial charge on any atom is -0.494 e. The van der Waals surface area contributed by atoms with Gasteiger partial charge in [-0.25, -0.2) is 9.78 Å². The van der Waals surface area contributed by atoms with Crippen molar-refractivity contribution in [3.63, 3.8) is 0 Å². The van der Waals surface area contributed by atoms with Gasteiger partial charge in [0, 0.05) is 12.4 Å². The number of nitrogens with zero attached hydrogens (tertiary/aromatic N) is 2. The standard InChI is InChI=1S/C10H9N3O2/c1-15-8-3-2-5-11-9(8)7-4-6-12-10(14)13-7/h2-6H,1H3,(H,12,13,14). The quantitative estimate of drug-likeness (QED) is 0.785. The first-order chi connectivity index (χ1) is 7.31. The Morgan fingerprint density at radius 2 is 2.13 bits per heavy atom. The first kappa shape index (κ1) is 9.39. The van der Waals surface area contributed by atoms with Crippen molar-refractivity contribution in [2.45, 2.75) is 0 Å². The molecule has 2 heterocycles. The molecule has 0 aliphatic heterocycles. The van der Waals surface area contributed by atoms with Crippen LogP contribution in [0, 0.1) is 0 Å². The van der Waals surface area contributed by atoms with E-state index in [1.54, 1.807) is 31.5 Å². The normalized spacial score (nSPS) is 9.93. The van der Waals surface area contributed by atoms with E-state index in [0.717, 1.165) is 0 Å². The van der Waals surface area contributed by atoms with Crippen LogP contribution < -0.4 is 10.4 Å². The van der Waals surface area contributed by atoms with Gasteiger partial charge in [-0.3, -0.25) is 4.98 Å². The molecule has 0 bridgehead atoms. The highest BCUT2D eigenvalue weighted by atomic mass is 16.5. The summed E-state index contributed by atoms with van der Waals surface area (Å²) in [6.07, 6.45) is 3.07. The molecule has 2 rings (SSSR count). The molecule has 0 fully saturated rings. The molecule has 0 aromatic carbocycles. The van der Waals surface area contributed by atoms with E-state index in [4.69, 9.17) is 4.74 Å². The van der Waals surface area contributed by atoms with Gasteiger partial charge in [-0.1, -0.05) is 0 Å². The van der Waals surface area contributed by atoms with Gasteiger partial charge in [-0.05, 0) is 18.2 Å². The summed E-state index contributed by atoms with van der Waals surface area (Å²) in [5.74, 6) is 0.611. The first-order valence-electron chi connectivity index (χ1n) is 4.36. The summed E-state index contributed by atoms with van der Waals surface area (Å²) in [6.45, 7) is 0.